The molecule has 1 amide bonds. The number of allylic oxidation sites excluding steroid dienone is 6. The van der Waals surface area contributed by atoms with E-state index in [1.807, 2.05) is 19.1 Å². The number of nitrogens with one attached hydrogen (secondary N) is 2. The van der Waals surface area contributed by atoms with Crippen molar-refractivity contribution in [3.63, 3.8) is 0 Å². The predicted octanol–water partition coefficient (Wildman–Crippen LogP) is 5.37. The first-order chi connectivity index (χ1) is 20.6. The smallest absolute Gasteiger partial charge is 0.252 e. The zero-order valence-electron chi connectivity index (χ0n) is 26.0. The van der Waals surface area contributed by atoms with Gasteiger partial charge >= 0.3 is 0 Å². The van der Waals surface area contributed by atoms with E-state index in [9.17, 15) is 18.7 Å². The van der Waals surface area contributed by atoms with Crippen molar-refractivity contribution in [3.8, 4) is 18.1 Å². The first-order valence-corrected chi connectivity index (χ1v) is 14.8. The van der Waals surface area contributed by atoms with Gasteiger partial charge in [-0.3, -0.25) is 14.6 Å². The number of halogens is 2. The molecule has 234 valence electrons. The third kappa shape index (κ3) is 12.2. The van der Waals surface area contributed by atoms with Crippen LogP contribution in [-0.2, 0) is 11.3 Å². The van der Waals surface area contributed by atoms with Crippen molar-refractivity contribution in [2.24, 2.45) is 0 Å². The average molecular weight is 596 g/mol. The van der Waals surface area contributed by atoms with Gasteiger partial charge in [-0.05, 0) is 93.3 Å². The maximum absolute atomic E-state index is 12.0. The number of piperazine rings is 1. The molecule has 9 heteroatoms. The molecule has 7 nitrogen and oxygen atoms in total. The minimum absolute atomic E-state index is 0.231. The molecule has 43 heavy (non-hydrogen) atoms. The van der Waals surface area contributed by atoms with Crippen molar-refractivity contribution in [3.05, 3.63) is 76.8 Å². The topological polar surface area (TPSA) is 82.9 Å². The molecule has 0 spiro atoms. The molecule has 1 aromatic carbocycles. The van der Waals surface area contributed by atoms with Crippen LogP contribution in [0.4, 0.5) is 8.78 Å². The number of nitrogens with zero attached hydrogens (tertiary/aromatic N) is 3. The number of benzene rings is 1. The maximum atomic E-state index is 12.0. The van der Waals surface area contributed by atoms with E-state index in [1.54, 1.807) is 32.2 Å². The minimum Gasteiger partial charge on any atom is -0.508 e. The van der Waals surface area contributed by atoms with Gasteiger partial charge in [0.25, 0.3) is 5.91 Å². The van der Waals surface area contributed by atoms with Gasteiger partial charge in [0.1, 0.15) is 18.3 Å². The van der Waals surface area contributed by atoms with Gasteiger partial charge in [-0.2, -0.15) is 0 Å². The fraction of sp³-hybridized carbons (Fsp3) is 0.471. The Hall–Kier alpha value is -3.74. The van der Waals surface area contributed by atoms with Crippen LogP contribution in [0.25, 0.3) is 0 Å². The molecule has 2 aliphatic rings. The van der Waals surface area contributed by atoms with Crippen LogP contribution in [0, 0.1) is 17.8 Å². The molecule has 0 aromatic heterocycles. The van der Waals surface area contributed by atoms with Gasteiger partial charge in [-0.15, -0.1) is 6.42 Å². The molecular formula is C34H47F2N5O2. The summed E-state index contributed by atoms with van der Waals surface area (Å²) in [7, 11) is 1.58. The van der Waals surface area contributed by atoms with Gasteiger partial charge in [0, 0.05) is 57.7 Å². The number of hydrogen-bond donors (Lipinski definition) is 3. The molecule has 2 aliphatic heterocycles. The Morgan fingerprint density at radius 2 is 1.84 bits per heavy atom. The quantitative estimate of drug-likeness (QED) is 0.147. The Labute approximate surface area is 256 Å². The van der Waals surface area contributed by atoms with Gasteiger partial charge in [0.2, 0.25) is 0 Å². The molecule has 2 saturated heterocycles. The van der Waals surface area contributed by atoms with Crippen molar-refractivity contribution in [1.29, 1.82) is 5.41 Å². The highest BCUT2D eigenvalue weighted by molar-refractivity contribution is 6.11. The van der Waals surface area contributed by atoms with E-state index in [-0.39, 0.29) is 5.91 Å². The molecule has 0 radical (unpaired) electrons. The normalized spacial score (nSPS) is 19.7. The molecule has 2 fully saturated rings. The number of alkyl halides is 1. The summed E-state index contributed by atoms with van der Waals surface area (Å²) in [5.41, 5.74) is 3.19. The Bertz CT molecular complexity index is 1210. The van der Waals surface area contributed by atoms with Crippen LogP contribution in [0.5, 0.6) is 5.75 Å². The van der Waals surface area contributed by atoms with Crippen molar-refractivity contribution in [2.75, 3.05) is 46.4 Å². The van der Waals surface area contributed by atoms with Crippen LogP contribution in [0.2, 0.25) is 0 Å². The highest BCUT2D eigenvalue weighted by Crippen LogP contribution is 2.25. The number of carbonyl (C=O) groups is 1. The van der Waals surface area contributed by atoms with Gasteiger partial charge in [-0.25, -0.2) is 8.78 Å². The summed E-state index contributed by atoms with van der Waals surface area (Å²) in [6, 6.07) is 8.72. The second-order valence-corrected chi connectivity index (χ2v) is 10.9. The Morgan fingerprint density at radius 3 is 2.40 bits per heavy atom. The van der Waals surface area contributed by atoms with Crippen LogP contribution in [-0.4, -0.2) is 90.5 Å². The summed E-state index contributed by atoms with van der Waals surface area (Å²) in [5, 5.41) is 19.5. The van der Waals surface area contributed by atoms with E-state index in [1.165, 1.54) is 24.5 Å². The van der Waals surface area contributed by atoms with Crippen molar-refractivity contribution in [1.82, 2.24) is 20.0 Å². The second kappa shape index (κ2) is 18.7. The SMILES string of the molecule is C#C/C(C)=C\C=C(\F)CF.CCC1CN(/C=C(C)/C=C(\C=N)C(=O)NC)CCN1C1CCN(Cc2ccc(O)cc2)CC1. The monoisotopic (exact) mass is 595 g/mol. The number of likely N-dealkylation sites (tertiary alicyclic amines) is 1. The Kier molecular flexibility index (Phi) is 15.4. The lowest BCUT2D eigenvalue weighted by atomic mass is 9.98. The number of terminal acetylenes is 1. The fourth-order valence-electron chi connectivity index (χ4n) is 5.32. The fourth-order valence-corrected chi connectivity index (χ4v) is 5.32. The van der Waals surface area contributed by atoms with Gasteiger partial charge in [0.05, 0.1) is 5.57 Å². The number of hydrogen-bond acceptors (Lipinski definition) is 6. The van der Waals surface area contributed by atoms with E-state index >= 15 is 0 Å². The zero-order chi connectivity index (χ0) is 31.8. The summed E-state index contributed by atoms with van der Waals surface area (Å²) in [6.45, 7) is 11.0. The summed E-state index contributed by atoms with van der Waals surface area (Å²) < 4.78 is 23.4. The highest BCUT2D eigenvalue weighted by Gasteiger charge is 2.32. The van der Waals surface area contributed by atoms with Gasteiger partial charge < -0.3 is 20.7 Å². The maximum Gasteiger partial charge on any atom is 0.252 e. The number of piperidine rings is 1. The third-order valence-electron chi connectivity index (χ3n) is 7.68. The lowest BCUT2D eigenvalue weighted by Crippen LogP contribution is -2.57. The number of aromatic hydroxyl groups is 1. The molecule has 0 bridgehead atoms. The van der Waals surface area contributed by atoms with Crippen LogP contribution < -0.4 is 5.32 Å². The standard InChI is InChI=1S/C26H39N5O2.C8H8F2/c1-4-23-19-30(17-20(2)15-22(16-27)26(33)28-3)13-14-31(23)24-9-11-29(12-10-24)18-21-5-7-25(32)8-6-21;1-3-7(2)4-5-8(10)6-9/h5-8,15-17,23-24,27,32H,4,9-14,18-19H2,1-3H3,(H,28,33);1,4-5H,6H2,2H3/b20-17+,22-15+,27-16?;7-4-,8-5+. The summed E-state index contributed by atoms with van der Waals surface area (Å²) in [4.78, 5) is 19.4. The van der Waals surface area contributed by atoms with Crippen LogP contribution in [0.15, 0.2) is 71.2 Å². The molecule has 2 heterocycles. The number of rotatable bonds is 10. The summed E-state index contributed by atoms with van der Waals surface area (Å²) in [6.07, 6.45) is 15.8. The molecular weight excluding hydrogens is 548 g/mol. The zero-order valence-corrected chi connectivity index (χ0v) is 26.0. The molecule has 1 unspecified atom stereocenters. The third-order valence-corrected chi connectivity index (χ3v) is 7.68. The van der Waals surface area contributed by atoms with Crippen LogP contribution >= 0.6 is 0 Å². The minimum atomic E-state index is -1.08. The Balaban J connectivity index is 0.000000553. The molecule has 1 aromatic rings. The van der Waals surface area contributed by atoms with E-state index in [0.29, 0.717) is 29.0 Å². The largest absolute Gasteiger partial charge is 0.508 e. The predicted molar refractivity (Wildman–Crippen MR) is 171 cm³/mol. The van der Waals surface area contributed by atoms with Crippen molar-refractivity contribution in [2.45, 2.75) is 58.7 Å². The molecule has 0 aliphatic carbocycles. The second-order valence-electron chi connectivity index (χ2n) is 10.9. The molecule has 0 saturated carbocycles. The molecule has 3 N–H and O–H groups in total. The van der Waals surface area contributed by atoms with E-state index in [0.717, 1.165) is 63.6 Å². The van der Waals surface area contributed by atoms with Crippen LogP contribution in [0.1, 0.15) is 45.6 Å². The van der Waals surface area contributed by atoms with Crippen LogP contribution in [0.3, 0.4) is 0 Å². The number of likely N-dealkylation sites (N-methyl/N-ethyl adjacent to an activating group) is 1. The number of phenols is 1. The van der Waals surface area contributed by atoms with E-state index < -0.39 is 12.5 Å². The van der Waals surface area contributed by atoms with Gasteiger partial charge in [-0.1, -0.05) is 25.0 Å². The number of phenolic OH excluding ortho intramolecular Hbond substituents is 1. The lowest BCUT2D eigenvalue weighted by molar-refractivity contribution is -0.116. The average Bonchev–Trinajstić information content (AvgIpc) is 3.03. The number of amides is 1. The van der Waals surface area contributed by atoms with Crippen molar-refractivity contribution >= 4 is 12.1 Å². The summed E-state index contributed by atoms with van der Waals surface area (Å²) in [5.74, 6) is 1.55. The van der Waals surface area contributed by atoms with E-state index in [4.69, 9.17) is 11.8 Å². The molecule has 3 rings (SSSR count). The van der Waals surface area contributed by atoms with Gasteiger partial charge in [0.15, 0.2) is 0 Å². The molecule has 1 atom stereocenters. The Morgan fingerprint density at radius 1 is 1.16 bits per heavy atom. The van der Waals surface area contributed by atoms with E-state index in [2.05, 4.69) is 39.1 Å². The first-order valence-electron chi connectivity index (χ1n) is 14.8. The summed E-state index contributed by atoms with van der Waals surface area (Å²) >= 11 is 0. The number of carbonyl (C=O) groups excluding carboxylic acids is 1. The lowest BCUT2D eigenvalue weighted by Gasteiger charge is -2.47. The van der Waals surface area contributed by atoms with Crippen molar-refractivity contribution < 1.29 is 18.7 Å². The first kappa shape index (κ1) is 35.5. The highest BCUT2D eigenvalue weighted by atomic mass is 19.2.